The SMILES string of the molecule is CC(=O)NC[C@@H]1CCC2(CCN(C(=O)Nc3ccc(C)c(Cl)c3)CC2)O1. The highest BCUT2D eigenvalue weighted by molar-refractivity contribution is 6.31. The summed E-state index contributed by atoms with van der Waals surface area (Å²) in [6.07, 6.45) is 3.67. The number of carbonyl (C=O) groups excluding carboxylic acids is 2. The largest absolute Gasteiger partial charge is 0.370 e. The highest BCUT2D eigenvalue weighted by Gasteiger charge is 2.43. The van der Waals surface area contributed by atoms with E-state index in [4.69, 9.17) is 16.3 Å². The molecule has 0 bridgehead atoms. The number of rotatable bonds is 3. The van der Waals surface area contributed by atoms with E-state index in [2.05, 4.69) is 10.6 Å². The predicted molar refractivity (Wildman–Crippen MR) is 102 cm³/mol. The van der Waals surface area contributed by atoms with Gasteiger partial charge in [-0.2, -0.15) is 0 Å². The number of hydrogen-bond donors (Lipinski definition) is 2. The van der Waals surface area contributed by atoms with E-state index in [1.165, 1.54) is 6.92 Å². The number of nitrogens with zero attached hydrogens (tertiary/aromatic N) is 1. The number of aryl methyl sites for hydroxylation is 1. The third-order valence-corrected chi connectivity index (χ3v) is 5.71. The summed E-state index contributed by atoms with van der Waals surface area (Å²) in [6, 6.07) is 5.42. The Morgan fingerprint density at radius 2 is 2.04 bits per heavy atom. The molecule has 0 aromatic heterocycles. The van der Waals surface area contributed by atoms with Gasteiger partial charge >= 0.3 is 6.03 Å². The van der Waals surface area contributed by atoms with Crippen molar-refractivity contribution in [2.45, 2.75) is 51.2 Å². The lowest BCUT2D eigenvalue weighted by Crippen LogP contribution is -2.48. The van der Waals surface area contributed by atoms with Gasteiger partial charge in [0.2, 0.25) is 5.91 Å². The minimum atomic E-state index is -0.146. The summed E-state index contributed by atoms with van der Waals surface area (Å²) in [6.45, 7) is 5.34. The van der Waals surface area contributed by atoms with E-state index < -0.39 is 0 Å². The highest BCUT2D eigenvalue weighted by atomic mass is 35.5. The number of halogens is 1. The number of amides is 3. The van der Waals surface area contributed by atoms with Crippen LogP contribution in [0.2, 0.25) is 5.02 Å². The van der Waals surface area contributed by atoms with Crippen LogP contribution in [0.1, 0.15) is 38.2 Å². The van der Waals surface area contributed by atoms with Gasteiger partial charge in [-0.3, -0.25) is 4.79 Å². The molecule has 2 N–H and O–H groups in total. The van der Waals surface area contributed by atoms with Crippen LogP contribution in [0.25, 0.3) is 0 Å². The standard InChI is InChI=1S/C19H26ClN3O3/c1-13-3-4-15(11-17(13)20)22-18(25)23-9-7-19(8-10-23)6-5-16(26-19)12-21-14(2)24/h3-4,11,16H,5-10,12H2,1-2H3,(H,21,24)(H,22,25)/t16-/m0/s1. The van der Waals surface area contributed by atoms with Crippen LogP contribution in [0.5, 0.6) is 0 Å². The van der Waals surface area contributed by atoms with Crippen LogP contribution in [0.4, 0.5) is 10.5 Å². The van der Waals surface area contributed by atoms with Crippen LogP contribution < -0.4 is 10.6 Å². The van der Waals surface area contributed by atoms with Crippen LogP contribution in [-0.4, -0.2) is 48.2 Å². The first-order chi connectivity index (χ1) is 12.4. The van der Waals surface area contributed by atoms with Crippen molar-refractivity contribution >= 4 is 29.2 Å². The molecule has 0 aliphatic carbocycles. The Labute approximate surface area is 159 Å². The molecule has 3 rings (SSSR count). The van der Waals surface area contributed by atoms with E-state index in [-0.39, 0.29) is 23.6 Å². The van der Waals surface area contributed by atoms with Crippen molar-refractivity contribution in [2.75, 3.05) is 25.0 Å². The zero-order valence-electron chi connectivity index (χ0n) is 15.3. The molecule has 2 saturated heterocycles. The zero-order chi connectivity index (χ0) is 18.7. The van der Waals surface area contributed by atoms with E-state index in [0.29, 0.717) is 30.3 Å². The first-order valence-corrected chi connectivity index (χ1v) is 9.49. The number of urea groups is 1. The summed E-state index contributed by atoms with van der Waals surface area (Å²) in [5.41, 5.74) is 1.54. The van der Waals surface area contributed by atoms with Crippen molar-refractivity contribution in [3.63, 3.8) is 0 Å². The second kappa shape index (κ2) is 7.84. The van der Waals surface area contributed by atoms with Crippen molar-refractivity contribution in [3.8, 4) is 0 Å². The number of benzene rings is 1. The topological polar surface area (TPSA) is 70.7 Å². The first-order valence-electron chi connectivity index (χ1n) is 9.11. The van der Waals surface area contributed by atoms with Gasteiger partial charge in [-0.05, 0) is 50.3 Å². The van der Waals surface area contributed by atoms with E-state index in [9.17, 15) is 9.59 Å². The first kappa shape index (κ1) is 19.0. The van der Waals surface area contributed by atoms with Crippen LogP contribution in [0.15, 0.2) is 18.2 Å². The average molecular weight is 380 g/mol. The van der Waals surface area contributed by atoms with Gasteiger partial charge in [-0.15, -0.1) is 0 Å². The van der Waals surface area contributed by atoms with Crippen molar-refractivity contribution < 1.29 is 14.3 Å². The van der Waals surface area contributed by atoms with E-state index >= 15 is 0 Å². The van der Waals surface area contributed by atoms with E-state index in [0.717, 1.165) is 31.2 Å². The summed E-state index contributed by atoms with van der Waals surface area (Å²) in [5.74, 6) is -0.0303. The Hall–Kier alpha value is -1.79. The number of likely N-dealkylation sites (tertiary alicyclic amines) is 1. The maximum atomic E-state index is 12.5. The summed E-state index contributed by atoms with van der Waals surface area (Å²) in [7, 11) is 0. The molecule has 0 radical (unpaired) electrons. The molecule has 1 aromatic rings. The Bertz CT molecular complexity index is 687. The fourth-order valence-electron chi connectivity index (χ4n) is 3.66. The van der Waals surface area contributed by atoms with E-state index in [1.807, 2.05) is 24.0 Å². The average Bonchev–Trinajstić information content (AvgIpc) is 3.00. The number of carbonyl (C=O) groups is 2. The molecule has 6 nitrogen and oxygen atoms in total. The van der Waals surface area contributed by atoms with Gasteiger partial charge in [0.05, 0.1) is 11.7 Å². The molecule has 2 aliphatic heterocycles. The third kappa shape index (κ3) is 4.48. The number of piperidine rings is 1. The minimum absolute atomic E-state index is 0.0303. The molecular weight excluding hydrogens is 354 g/mol. The van der Waals surface area contributed by atoms with Crippen LogP contribution in [0.3, 0.4) is 0 Å². The quantitative estimate of drug-likeness (QED) is 0.846. The minimum Gasteiger partial charge on any atom is -0.370 e. The Morgan fingerprint density at radius 1 is 1.31 bits per heavy atom. The van der Waals surface area contributed by atoms with E-state index in [1.54, 1.807) is 6.07 Å². The Balaban J connectivity index is 1.49. The molecule has 1 atom stereocenters. The Kier molecular flexibility index (Phi) is 5.73. The van der Waals surface area contributed by atoms with Gasteiger partial charge < -0.3 is 20.3 Å². The maximum absolute atomic E-state index is 12.5. The van der Waals surface area contributed by atoms with Gasteiger partial charge in [0, 0.05) is 37.3 Å². The molecule has 3 amide bonds. The second-order valence-corrected chi connectivity index (χ2v) is 7.69. The lowest BCUT2D eigenvalue weighted by Gasteiger charge is -2.39. The molecule has 7 heteroatoms. The fraction of sp³-hybridized carbons (Fsp3) is 0.579. The molecule has 2 heterocycles. The molecule has 26 heavy (non-hydrogen) atoms. The molecule has 2 fully saturated rings. The fourth-order valence-corrected chi connectivity index (χ4v) is 3.84. The lowest BCUT2D eigenvalue weighted by atomic mass is 9.88. The Morgan fingerprint density at radius 3 is 2.69 bits per heavy atom. The molecular formula is C19H26ClN3O3. The summed E-state index contributed by atoms with van der Waals surface area (Å²) in [4.78, 5) is 25.4. The molecule has 2 aliphatic rings. The highest BCUT2D eigenvalue weighted by Crippen LogP contribution is 2.38. The maximum Gasteiger partial charge on any atom is 0.321 e. The van der Waals surface area contributed by atoms with Crippen LogP contribution >= 0.6 is 11.6 Å². The lowest BCUT2D eigenvalue weighted by molar-refractivity contribution is -0.120. The molecule has 0 saturated carbocycles. The molecule has 0 unspecified atom stereocenters. The van der Waals surface area contributed by atoms with Gasteiger partial charge in [-0.25, -0.2) is 4.79 Å². The van der Waals surface area contributed by atoms with Crippen LogP contribution in [-0.2, 0) is 9.53 Å². The number of ether oxygens (including phenoxy) is 1. The molecule has 142 valence electrons. The van der Waals surface area contributed by atoms with Crippen molar-refractivity contribution in [3.05, 3.63) is 28.8 Å². The number of nitrogens with one attached hydrogen (secondary N) is 2. The summed E-state index contributed by atoms with van der Waals surface area (Å²) in [5, 5.41) is 6.38. The van der Waals surface area contributed by atoms with Gasteiger partial charge in [-0.1, -0.05) is 17.7 Å². The predicted octanol–water partition coefficient (Wildman–Crippen LogP) is 3.33. The van der Waals surface area contributed by atoms with Gasteiger partial charge in [0.1, 0.15) is 0 Å². The van der Waals surface area contributed by atoms with Crippen molar-refractivity contribution in [1.82, 2.24) is 10.2 Å². The van der Waals surface area contributed by atoms with Crippen molar-refractivity contribution in [2.24, 2.45) is 0 Å². The smallest absolute Gasteiger partial charge is 0.321 e. The van der Waals surface area contributed by atoms with Crippen LogP contribution in [0, 0.1) is 6.92 Å². The third-order valence-electron chi connectivity index (χ3n) is 5.30. The van der Waals surface area contributed by atoms with Gasteiger partial charge in [0.15, 0.2) is 0 Å². The zero-order valence-corrected chi connectivity index (χ0v) is 16.1. The number of anilines is 1. The molecule has 1 spiro atoms. The second-order valence-electron chi connectivity index (χ2n) is 7.28. The number of hydrogen-bond acceptors (Lipinski definition) is 3. The monoisotopic (exact) mass is 379 g/mol. The summed E-state index contributed by atoms with van der Waals surface area (Å²) >= 11 is 6.12. The normalized spacial score (nSPS) is 21.7. The van der Waals surface area contributed by atoms with Gasteiger partial charge in [0.25, 0.3) is 0 Å². The van der Waals surface area contributed by atoms with Crippen molar-refractivity contribution in [1.29, 1.82) is 0 Å². The summed E-state index contributed by atoms with van der Waals surface area (Å²) < 4.78 is 6.22. The molecule has 1 aromatic carbocycles.